The van der Waals surface area contributed by atoms with Gasteiger partial charge < -0.3 is 4.74 Å². The molecule has 12 heavy (non-hydrogen) atoms. The van der Waals surface area contributed by atoms with Crippen LogP contribution in [-0.2, 0) is 9.53 Å². The minimum absolute atomic E-state index is 0.386. The largest absolute Gasteiger partial charge is 0.381 e. The van der Waals surface area contributed by atoms with E-state index in [9.17, 15) is 4.79 Å². The fourth-order valence-corrected chi connectivity index (χ4v) is 2.31. The molecule has 1 saturated carbocycles. The van der Waals surface area contributed by atoms with Crippen molar-refractivity contribution in [2.45, 2.75) is 32.1 Å². The van der Waals surface area contributed by atoms with Crippen LogP contribution in [0, 0.1) is 11.8 Å². The Morgan fingerprint density at radius 3 is 2.92 bits per heavy atom. The van der Waals surface area contributed by atoms with Crippen LogP contribution in [0.25, 0.3) is 0 Å². The molecular formula is C10H16O2. The third kappa shape index (κ3) is 1.69. The monoisotopic (exact) mass is 168 g/mol. The zero-order chi connectivity index (χ0) is 8.39. The van der Waals surface area contributed by atoms with Crippen molar-refractivity contribution in [2.24, 2.45) is 11.8 Å². The van der Waals surface area contributed by atoms with Crippen LogP contribution in [0.2, 0.25) is 0 Å². The maximum absolute atomic E-state index is 11.3. The van der Waals surface area contributed by atoms with Gasteiger partial charge in [0.1, 0.15) is 5.78 Å². The van der Waals surface area contributed by atoms with Gasteiger partial charge >= 0.3 is 0 Å². The molecule has 0 N–H and O–H groups in total. The molecule has 2 rings (SSSR count). The van der Waals surface area contributed by atoms with Crippen LogP contribution in [0.15, 0.2) is 0 Å². The Kier molecular flexibility index (Phi) is 2.45. The molecule has 1 heterocycles. The molecule has 0 aromatic heterocycles. The average molecular weight is 168 g/mol. The van der Waals surface area contributed by atoms with E-state index >= 15 is 0 Å². The highest BCUT2D eigenvalue weighted by Crippen LogP contribution is 2.30. The molecule has 1 saturated heterocycles. The first kappa shape index (κ1) is 8.24. The molecule has 2 nitrogen and oxygen atoms in total. The smallest absolute Gasteiger partial charge is 0.135 e. The summed E-state index contributed by atoms with van der Waals surface area (Å²) in [5.74, 6) is 1.57. The van der Waals surface area contributed by atoms with E-state index in [4.69, 9.17) is 4.74 Å². The van der Waals surface area contributed by atoms with Gasteiger partial charge in [0.2, 0.25) is 0 Å². The molecule has 0 aromatic carbocycles. The van der Waals surface area contributed by atoms with Crippen molar-refractivity contribution >= 4 is 5.78 Å². The number of carbonyl (C=O) groups excluding carboxylic acids is 1. The molecule has 2 atom stereocenters. The normalized spacial score (nSPS) is 36.2. The van der Waals surface area contributed by atoms with E-state index in [1.165, 1.54) is 6.42 Å². The van der Waals surface area contributed by atoms with Crippen LogP contribution in [0.4, 0.5) is 0 Å². The number of carbonyl (C=O) groups is 1. The second kappa shape index (κ2) is 3.56. The molecule has 0 bridgehead atoms. The van der Waals surface area contributed by atoms with Gasteiger partial charge in [0, 0.05) is 25.6 Å². The summed E-state index contributed by atoms with van der Waals surface area (Å²) >= 11 is 0. The van der Waals surface area contributed by atoms with E-state index in [0.29, 0.717) is 17.6 Å². The first-order valence-electron chi connectivity index (χ1n) is 4.96. The van der Waals surface area contributed by atoms with E-state index in [0.717, 1.165) is 38.9 Å². The van der Waals surface area contributed by atoms with Crippen LogP contribution in [-0.4, -0.2) is 19.0 Å². The van der Waals surface area contributed by atoms with Gasteiger partial charge in [-0.25, -0.2) is 0 Å². The van der Waals surface area contributed by atoms with Crippen LogP contribution >= 0.6 is 0 Å². The molecule has 0 spiro atoms. The van der Waals surface area contributed by atoms with Crippen molar-refractivity contribution in [3.05, 3.63) is 0 Å². The Bertz CT molecular complexity index is 171. The Morgan fingerprint density at radius 2 is 2.33 bits per heavy atom. The summed E-state index contributed by atoms with van der Waals surface area (Å²) in [5, 5.41) is 0. The molecule has 68 valence electrons. The lowest BCUT2D eigenvalue weighted by molar-refractivity contribution is -0.121. The third-order valence-electron chi connectivity index (χ3n) is 3.07. The van der Waals surface area contributed by atoms with Crippen LogP contribution in [0.3, 0.4) is 0 Å². The number of ketones is 1. The van der Waals surface area contributed by atoms with Gasteiger partial charge in [0.25, 0.3) is 0 Å². The van der Waals surface area contributed by atoms with Crippen LogP contribution in [0.1, 0.15) is 32.1 Å². The Morgan fingerprint density at radius 1 is 1.42 bits per heavy atom. The summed E-state index contributed by atoms with van der Waals surface area (Å²) in [6.45, 7) is 1.80. The zero-order valence-electron chi connectivity index (χ0n) is 7.42. The predicted octanol–water partition coefficient (Wildman–Crippen LogP) is 1.78. The van der Waals surface area contributed by atoms with Gasteiger partial charge in [0.15, 0.2) is 0 Å². The van der Waals surface area contributed by atoms with Crippen molar-refractivity contribution in [3.63, 3.8) is 0 Å². The molecule has 2 fully saturated rings. The predicted molar refractivity (Wildman–Crippen MR) is 45.9 cm³/mol. The molecule has 0 amide bonds. The molecule has 0 radical (unpaired) electrons. The van der Waals surface area contributed by atoms with E-state index in [-0.39, 0.29) is 0 Å². The number of ether oxygens (including phenoxy) is 1. The second-order valence-corrected chi connectivity index (χ2v) is 4.02. The van der Waals surface area contributed by atoms with Crippen molar-refractivity contribution in [1.82, 2.24) is 0 Å². The highest BCUT2D eigenvalue weighted by molar-refractivity contribution is 5.82. The van der Waals surface area contributed by atoms with Gasteiger partial charge in [-0.15, -0.1) is 0 Å². The lowest BCUT2D eigenvalue weighted by Gasteiger charge is -2.11. The summed E-state index contributed by atoms with van der Waals surface area (Å²) in [6.07, 6.45) is 5.35. The number of hydrogen-bond acceptors (Lipinski definition) is 2. The Hall–Kier alpha value is -0.370. The molecule has 1 aliphatic carbocycles. The summed E-state index contributed by atoms with van der Waals surface area (Å²) in [6, 6.07) is 0. The van der Waals surface area contributed by atoms with Crippen molar-refractivity contribution < 1.29 is 9.53 Å². The average Bonchev–Trinajstić information content (AvgIpc) is 2.65. The molecular weight excluding hydrogens is 152 g/mol. The van der Waals surface area contributed by atoms with Gasteiger partial charge in [-0.3, -0.25) is 4.79 Å². The maximum Gasteiger partial charge on any atom is 0.135 e. The van der Waals surface area contributed by atoms with E-state index in [1.807, 2.05) is 0 Å². The SMILES string of the molecule is O=C1CCCC1CC1CCOC1. The van der Waals surface area contributed by atoms with Crippen LogP contribution < -0.4 is 0 Å². The molecule has 1 aliphatic heterocycles. The van der Waals surface area contributed by atoms with Gasteiger partial charge in [-0.1, -0.05) is 0 Å². The maximum atomic E-state index is 11.3. The highest BCUT2D eigenvalue weighted by atomic mass is 16.5. The van der Waals surface area contributed by atoms with Crippen molar-refractivity contribution in [1.29, 1.82) is 0 Å². The number of rotatable bonds is 2. The third-order valence-corrected chi connectivity index (χ3v) is 3.07. The van der Waals surface area contributed by atoms with Gasteiger partial charge in [-0.2, -0.15) is 0 Å². The lowest BCUT2D eigenvalue weighted by atomic mass is 9.92. The van der Waals surface area contributed by atoms with E-state index in [1.54, 1.807) is 0 Å². The minimum Gasteiger partial charge on any atom is -0.381 e. The second-order valence-electron chi connectivity index (χ2n) is 4.02. The quantitative estimate of drug-likeness (QED) is 0.628. The topological polar surface area (TPSA) is 26.3 Å². The standard InChI is InChI=1S/C10H16O2/c11-10-3-1-2-9(10)6-8-4-5-12-7-8/h8-9H,1-7H2. The number of hydrogen-bond donors (Lipinski definition) is 0. The van der Waals surface area contributed by atoms with E-state index in [2.05, 4.69) is 0 Å². The van der Waals surface area contributed by atoms with Crippen molar-refractivity contribution in [3.8, 4) is 0 Å². The summed E-state index contributed by atoms with van der Waals surface area (Å²) in [5.41, 5.74) is 0. The molecule has 2 unspecified atom stereocenters. The molecule has 2 aliphatic rings. The Balaban J connectivity index is 1.81. The minimum atomic E-state index is 0.386. The van der Waals surface area contributed by atoms with E-state index < -0.39 is 0 Å². The lowest BCUT2D eigenvalue weighted by Crippen LogP contribution is -2.12. The highest BCUT2D eigenvalue weighted by Gasteiger charge is 2.28. The summed E-state index contributed by atoms with van der Waals surface area (Å²) in [7, 11) is 0. The first-order chi connectivity index (χ1) is 5.86. The summed E-state index contributed by atoms with van der Waals surface area (Å²) < 4.78 is 5.29. The van der Waals surface area contributed by atoms with Crippen molar-refractivity contribution in [2.75, 3.05) is 13.2 Å². The van der Waals surface area contributed by atoms with Crippen LogP contribution in [0.5, 0.6) is 0 Å². The summed E-state index contributed by atoms with van der Waals surface area (Å²) in [4.78, 5) is 11.3. The zero-order valence-corrected chi connectivity index (χ0v) is 7.42. The number of Topliss-reactive ketones (excluding diaryl/α,β-unsaturated/α-hetero) is 1. The first-order valence-corrected chi connectivity index (χ1v) is 4.96. The van der Waals surface area contributed by atoms with Gasteiger partial charge in [-0.05, 0) is 31.6 Å². The molecule has 2 heteroatoms. The molecule has 0 aromatic rings. The Labute approximate surface area is 73.3 Å². The fourth-order valence-electron chi connectivity index (χ4n) is 2.31. The fraction of sp³-hybridized carbons (Fsp3) is 0.900. The van der Waals surface area contributed by atoms with Gasteiger partial charge in [0.05, 0.1) is 0 Å².